The number of hydrogen-bond donors (Lipinski definition) is 2. The van der Waals surface area contributed by atoms with Crippen LogP contribution in [0.15, 0.2) is 29.3 Å². The maximum atomic E-state index is 12.1. The molecule has 7 nitrogen and oxygen atoms in total. The van der Waals surface area contributed by atoms with Crippen molar-refractivity contribution < 1.29 is 9.53 Å². The van der Waals surface area contributed by atoms with Gasteiger partial charge in [-0.2, -0.15) is 0 Å². The van der Waals surface area contributed by atoms with Crippen molar-refractivity contribution in [1.29, 1.82) is 0 Å². The maximum Gasteiger partial charge on any atom is 0.222 e. The Kier molecular flexibility index (Phi) is 12.3. The summed E-state index contributed by atoms with van der Waals surface area (Å²) in [6.45, 7) is 9.77. The van der Waals surface area contributed by atoms with E-state index in [0.717, 1.165) is 63.7 Å². The molecule has 8 heteroatoms. The minimum absolute atomic E-state index is 0. The van der Waals surface area contributed by atoms with Gasteiger partial charge in [0.2, 0.25) is 5.91 Å². The molecule has 2 saturated heterocycles. The second kappa shape index (κ2) is 14.7. The number of amides is 1. The van der Waals surface area contributed by atoms with Crippen LogP contribution in [0.2, 0.25) is 0 Å². The van der Waals surface area contributed by atoms with Gasteiger partial charge in [0.15, 0.2) is 5.96 Å². The zero-order chi connectivity index (χ0) is 22.8. The minimum Gasteiger partial charge on any atom is -0.497 e. The SMILES string of the molecule is CCNC(=NCC(c1ccc(OC)cc1)N1CCCC1)NCCC(CC)N1CCCC1=O.I. The summed E-state index contributed by atoms with van der Waals surface area (Å²) in [5.41, 5.74) is 1.28. The number of guanidine groups is 1. The first-order valence-corrected chi connectivity index (χ1v) is 12.4. The van der Waals surface area contributed by atoms with Crippen LogP contribution in [-0.2, 0) is 4.79 Å². The third-order valence-electron chi connectivity index (χ3n) is 6.64. The normalized spacial score (nSPS) is 18.7. The van der Waals surface area contributed by atoms with Gasteiger partial charge in [-0.25, -0.2) is 0 Å². The third-order valence-corrected chi connectivity index (χ3v) is 6.64. The Labute approximate surface area is 216 Å². The molecular weight excluding hydrogens is 529 g/mol. The first-order chi connectivity index (χ1) is 15.7. The predicted molar refractivity (Wildman–Crippen MR) is 146 cm³/mol. The van der Waals surface area contributed by atoms with Crippen LogP contribution >= 0.6 is 24.0 Å². The number of hydrogen-bond acceptors (Lipinski definition) is 4. The van der Waals surface area contributed by atoms with E-state index in [1.54, 1.807) is 7.11 Å². The van der Waals surface area contributed by atoms with Crippen LogP contribution < -0.4 is 15.4 Å². The smallest absolute Gasteiger partial charge is 0.222 e. The molecule has 2 fully saturated rings. The second-order valence-electron chi connectivity index (χ2n) is 8.72. The van der Waals surface area contributed by atoms with Gasteiger partial charge in [-0.3, -0.25) is 14.7 Å². The van der Waals surface area contributed by atoms with E-state index < -0.39 is 0 Å². The van der Waals surface area contributed by atoms with Gasteiger partial charge in [-0.1, -0.05) is 19.1 Å². The molecule has 2 heterocycles. The van der Waals surface area contributed by atoms with Gasteiger partial charge >= 0.3 is 0 Å². The Morgan fingerprint density at radius 3 is 2.39 bits per heavy atom. The lowest BCUT2D eigenvalue weighted by atomic mass is 10.1. The fraction of sp³-hybridized carbons (Fsp3) is 0.680. The Morgan fingerprint density at radius 1 is 1.09 bits per heavy atom. The number of rotatable bonds is 11. The highest BCUT2D eigenvalue weighted by Crippen LogP contribution is 2.27. The number of nitrogens with zero attached hydrogens (tertiary/aromatic N) is 3. The van der Waals surface area contributed by atoms with Crippen molar-refractivity contribution in [3.63, 3.8) is 0 Å². The molecular formula is C25H42IN5O2. The van der Waals surface area contributed by atoms with Crippen molar-refractivity contribution in [3.8, 4) is 5.75 Å². The number of halogens is 1. The molecule has 0 bridgehead atoms. The third kappa shape index (κ3) is 8.02. The molecule has 0 radical (unpaired) electrons. The van der Waals surface area contributed by atoms with E-state index in [9.17, 15) is 4.79 Å². The zero-order valence-electron chi connectivity index (χ0n) is 20.5. The highest BCUT2D eigenvalue weighted by Gasteiger charge is 2.26. The molecule has 33 heavy (non-hydrogen) atoms. The maximum absolute atomic E-state index is 12.1. The Balaban J connectivity index is 0.00000385. The van der Waals surface area contributed by atoms with Gasteiger partial charge in [0.1, 0.15) is 5.75 Å². The zero-order valence-corrected chi connectivity index (χ0v) is 22.8. The van der Waals surface area contributed by atoms with Crippen LogP contribution in [0.3, 0.4) is 0 Å². The highest BCUT2D eigenvalue weighted by molar-refractivity contribution is 14.0. The molecule has 1 amide bonds. The lowest BCUT2D eigenvalue weighted by Crippen LogP contribution is -2.42. The molecule has 2 N–H and O–H groups in total. The van der Waals surface area contributed by atoms with Gasteiger partial charge in [0.25, 0.3) is 0 Å². The van der Waals surface area contributed by atoms with E-state index in [1.807, 2.05) is 12.1 Å². The molecule has 2 atom stereocenters. The van der Waals surface area contributed by atoms with E-state index in [2.05, 4.69) is 46.4 Å². The molecule has 2 aliphatic rings. The summed E-state index contributed by atoms with van der Waals surface area (Å²) < 4.78 is 5.34. The molecule has 3 rings (SSSR count). The lowest BCUT2D eigenvalue weighted by Gasteiger charge is -2.28. The van der Waals surface area contributed by atoms with Crippen molar-refractivity contribution in [3.05, 3.63) is 29.8 Å². The number of nitrogens with one attached hydrogen (secondary N) is 2. The number of carbonyl (C=O) groups excluding carboxylic acids is 1. The van der Waals surface area contributed by atoms with Crippen molar-refractivity contribution in [1.82, 2.24) is 20.4 Å². The van der Waals surface area contributed by atoms with Gasteiger partial charge in [0, 0.05) is 32.1 Å². The summed E-state index contributed by atoms with van der Waals surface area (Å²) in [6.07, 6.45) is 6.15. The molecule has 186 valence electrons. The Morgan fingerprint density at radius 2 is 1.82 bits per heavy atom. The number of methoxy groups -OCH3 is 1. The summed E-state index contributed by atoms with van der Waals surface area (Å²) in [4.78, 5) is 21.7. The van der Waals surface area contributed by atoms with Gasteiger partial charge in [-0.15, -0.1) is 24.0 Å². The van der Waals surface area contributed by atoms with Crippen LogP contribution in [-0.4, -0.2) is 74.1 Å². The molecule has 0 saturated carbocycles. The standard InChI is InChI=1S/C25H41N5O2.HI/c1-4-21(30-18-8-9-24(30)31)14-15-27-25(26-5-2)28-19-23(29-16-6-7-17-29)20-10-12-22(32-3)13-11-20;/h10-13,21,23H,4-9,14-19H2,1-3H3,(H2,26,27,28);1H. The van der Waals surface area contributed by atoms with Crippen molar-refractivity contribution in [2.24, 2.45) is 4.99 Å². The minimum atomic E-state index is 0. The topological polar surface area (TPSA) is 69.2 Å². The number of carbonyl (C=O) groups is 1. The first kappa shape index (κ1) is 27.7. The monoisotopic (exact) mass is 571 g/mol. The molecule has 1 aromatic rings. The van der Waals surface area contributed by atoms with Gasteiger partial charge in [0.05, 0.1) is 19.7 Å². The van der Waals surface area contributed by atoms with E-state index in [4.69, 9.17) is 9.73 Å². The summed E-state index contributed by atoms with van der Waals surface area (Å²) in [5.74, 6) is 2.05. The fourth-order valence-electron chi connectivity index (χ4n) is 4.82. The van der Waals surface area contributed by atoms with Gasteiger partial charge < -0.3 is 20.3 Å². The summed E-state index contributed by atoms with van der Waals surface area (Å²) in [7, 11) is 1.70. The van der Waals surface area contributed by atoms with Crippen molar-refractivity contribution in [2.45, 2.75) is 64.5 Å². The quantitative estimate of drug-likeness (QED) is 0.240. The molecule has 0 aromatic heterocycles. The summed E-state index contributed by atoms with van der Waals surface area (Å²) in [5, 5.41) is 6.89. The van der Waals surface area contributed by atoms with E-state index >= 15 is 0 Å². The van der Waals surface area contributed by atoms with E-state index in [-0.39, 0.29) is 30.0 Å². The molecule has 1 aromatic carbocycles. The largest absolute Gasteiger partial charge is 0.497 e. The molecule has 2 aliphatic heterocycles. The average Bonchev–Trinajstić information content (AvgIpc) is 3.49. The van der Waals surface area contributed by atoms with E-state index in [1.165, 1.54) is 18.4 Å². The second-order valence-corrected chi connectivity index (χ2v) is 8.72. The van der Waals surface area contributed by atoms with Crippen LogP contribution in [0.4, 0.5) is 0 Å². The predicted octanol–water partition coefficient (Wildman–Crippen LogP) is 3.80. The van der Waals surface area contributed by atoms with Crippen LogP contribution in [0.25, 0.3) is 0 Å². The number of ether oxygens (including phenoxy) is 1. The number of likely N-dealkylation sites (tertiary alicyclic amines) is 2. The molecule has 0 aliphatic carbocycles. The van der Waals surface area contributed by atoms with Gasteiger partial charge in [-0.05, 0) is 69.8 Å². The molecule has 0 spiro atoms. The lowest BCUT2D eigenvalue weighted by molar-refractivity contribution is -0.129. The Hall–Kier alpha value is -1.55. The molecule has 2 unspecified atom stereocenters. The summed E-state index contributed by atoms with van der Waals surface area (Å²) >= 11 is 0. The highest BCUT2D eigenvalue weighted by atomic mass is 127. The summed E-state index contributed by atoms with van der Waals surface area (Å²) in [6, 6.07) is 8.99. The van der Waals surface area contributed by atoms with Crippen LogP contribution in [0, 0.1) is 0 Å². The van der Waals surface area contributed by atoms with Crippen molar-refractivity contribution in [2.75, 3.05) is 46.4 Å². The van der Waals surface area contributed by atoms with Crippen molar-refractivity contribution >= 4 is 35.8 Å². The number of aliphatic imine (C=N–C) groups is 1. The fourth-order valence-corrected chi connectivity index (χ4v) is 4.82. The Bertz CT molecular complexity index is 737. The van der Waals surface area contributed by atoms with Crippen LogP contribution in [0.5, 0.6) is 5.75 Å². The average molecular weight is 572 g/mol. The number of benzene rings is 1. The van der Waals surface area contributed by atoms with E-state index in [0.29, 0.717) is 24.9 Å². The van der Waals surface area contributed by atoms with Crippen LogP contribution in [0.1, 0.15) is 64.0 Å². The first-order valence-electron chi connectivity index (χ1n) is 12.4.